The van der Waals surface area contributed by atoms with E-state index in [2.05, 4.69) is 4.98 Å². The minimum Gasteiger partial charge on any atom is -0.497 e. The largest absolute Gasteiger partial charge is 0.497 e. The van der Waals surface area contributed by atoms with E-state index in [4.69, 9.17) is 9.88 Å². The number of hydrogen-bond donors (Lipinski definition) is 2. The Labute approximate surface area is 93.3 Å². The average Bonchev–Trinajstić information content (AvgIpc) is 2.58. The van der Waals surface area contributed by atoms with Gasteiger partial charge in [0, 0.05) is 17.1 Å². The number of ether oxygens (including phenoxy) is 1. The van der Waals surface area contributed by atoms with Crippen LogP contribution < -0.4 is 9.88 Å². The van der Waals surface area contributed by atoms with Gasteiger partial charge in [-0.05, 0) is 23.8 Å². The molecular formula is C10H12N2O3S. The maximum atomic E-state index is 11.0. The van der Waals surface area contributed by atoms with E-state index >= 15 is 0 Å². The van der Waals surface area contributed by atoms with Gasteiger partial charge in [-0.25, -0.2) is 13.6 Å². The van der Waals surface area contributed by atoms with E-state index in [1.807, 2.05) is 6.07 Å². The molecule has 0 saturated heterocycles. The molecule has 86 valence electrons. The number of aromatic nitrogens is 1. The van der Waals surface area contributed by atoms with Gasteiger partial charge in [-0.2, -0.15) is 0 Å². The summed E-state index contributed by atoms with van der Waals surface area (Å²) < 4.78 is 27.1. The topological polar surface area (TPSA) is 85.2 Å². The van der Waals surface area contributed by atoms with Crippen LogP contribution in [-0.4, -0.2) is 20.5 Å². The van der Waals surface area contributed by atoms with Crippen molar-refractivity contribution in [2.75, 3.05) is 7.11 Å². The Kier molecular flexibility index (Phi) is 2.61. The van der Waals surface area contributed by atoms with Crippen LogP contribution in [-0.2, 0) is 15.8 Å². The summed E-state index contributed by atoms with van der Waals surface area (Å²) in [7, 11) is -1.96. The Bertz CT molecular complexity index is 616. The Hall–Kier alpha value is -1.53. The molecule has 0 aliphatic rings. The summed E-state index contributed by atoms with van der Waals surface area (Å²) in [6, 6.07) is 5.42. The minimum atomic E-state index is -3.52. The van der Waals surface area contributed by atoms with Crippen LogP contribution in [0.25, 0.3) is 10.9 Å². The van der Waals surface area contributed by atoms with Gasteiger partial charge in [-0.3, -0.25) is 0 Å². The third-order valence-electron chi connectivity index (χ3n) is 2.33. The summed E-state index contributed by atoms with van der Waals surface area (Å²) >= 11 is 0. The predicted octanol–water partition coefficient (Wildman–Crippen LogP) is 0.965. The fraction of sp³-hybridized carbons (Fsp3) is 0.200. The van der Waals surface area contributed by atoms with Crippen LogP contribution in [0.3, 0.4) is 0 Å². The average molecular weight is 240 g/mol. The first-order valence-electron chi connectivity index (χ1n) is 4.64. The highest BCUT2D eigenvalue weighted by molar-refractivity contribution is 7.88. The second kappa shape index (κ2) is 3.80. The quantitative estimate of drug-likeness (QED) is 0.838. The number of rotatable bonds is 3. The fourth-order valence-electron chi connectivity index (χ4n) is 1.62. The molecular weight excluding hydrogens is 228 g/mol. The van der Waals surface area contributed by atoms with E-state index in [-0.39, 0.29) is 5.75 Å². The summed E-state index contributed by atoms with van der Waals surface area (Å²) in [4.78, 5) is 2.99. The summed E-state index contributed by atoms with van der Waals surface area (Å²) in [5.74, 6) is 0.503. The molecule has 0 atom stereocenters. The second-order valence-electron chi connectivity index (χ2n) is 3.53. The lowest BCUT2D eigenvalue weighted by molar-refractivity contribution is 0.415. The summed E-state index contributed by atoms with van der Waals surface area (Å²) in [6.07, 6.45) is 1.65. The van der Waals surface area contributed by atoms with E-state index < -0.39 is 10.0 Å². The highest BCUT2D eigenvalue weighted by Gasteiger charge is 2.10. The van der Waals surface area contributed by atoms with Crippen LogP contribution in [0.5, 0.6) is 5.75 Å². The van der Waals surface area contributed by atoms with Crippen LogP contribution in [0, 0.1) is 0 Å². The Morgan fingerprint density at radius 3 is 2.81 bits per heavy atom. The monoisotopic (exact) mass is 240 g/mol. The van der Waals surface area contributed by atoms with E-state index in [1.165, 1.54) is 0 Å². The predicted molar refractivity (Wildman–Crippen MR) is 61.7 cm³/mol. The van der Waals surface area contributed by atoms with Crippen molar-refractivity contribution in [1.29, 1.82) is 0 Å². The van der Waals surface area contributed by atoms with Crippen molar-refractivity contribution in [1.82, 2.24) is 4.98 Å². The molecule has 2 rings (SSSR count). The van der Waals surface area contributed by atoms with Crippen molar-refractivity contribution >= 4 is 20.9 Å². The number of benzene rings is 1. The molecule has 2 aromatic rings. The van der Waals surface area contributed by atoms with E-state index in [0.717, 1.165) is 10.9 Å². The molecule has 0 saturated carbocycles. The molecule has 0 aliphatic carbocycles. The molecule has 0 aliphatic heterocycles. The zero-order valence-corrected chi connectivity index (χ0v) is 9.54. The van der Waals surface area contributed by atoms with Gasteiger partial charge in [0.15, 0.2) is 0 Å². The number of methoxy groups -OCH3 is 1. The van der Waals surface area contributed by atoms with Crippen LogP contribution in [0.1, 0.15) is 5.56 Å². The Balaban J connectivity index is 2.54. The highest BCUT2D eigenvalue weighted by atomic mass is 32.2. The maximum Gasteiger partial charge on any atom is 0.213 e. The van der Waals surface area contributed by atoms with Crippen molar-refractivity contribution in [2.45, 2.75) is 5.75 Å². The zero-order valence-electron chi connectivity index (χ0n) is 8.73. The Morgan fingerprint density at radius 2 is 2.19 bits per heavy atom. The van der Waals surface area contributed by atoms with Gasteiger partial charge in [-0.15, -0.1) is 0 Å². The van der Waals surface area contributed by atoms with Gasteiger partial charge in [0.25, 0.3) is 0 Å². The normalized spacial score (nSPS) is 11.9. The molecule has 0 radical (unpaired) electrons. The molecule has 5 nitrogen and oxygen atoms in total. The first kappa shape index (κ1) is 11.0. The number of primary sulfonamides is 1. The van der Waals surface area contributed by atoms with Crippen LogP contribution in [0.2, 0.25) is 0 Å². The molecule has 1 aromatic carbocycles. The van der Waals surface area contributed by atoms with Gasteiger partial charge in [-0.1, -0.05) is 0 Å². The lowest BCUT2D eigenvalue weighted by Gasteiger charge is -2.01. The van der Waals surface area contributed by atoms with Crippen molar-refractivity contribution in [2.24, 2.45) is 5.14 Å². The number of H-pyrrole nitrogens is 1. The lowest BCUT2D eigenvalue weighted by atomic mass is 10.2. The number of fused-ring (bicyclic) bond motifs is 1. The number of nitrogens with two attached hydrogens (primary N) is 1. The first-order chi connectivity index (χ1) is 7.49. The molecule has 1 heterocycles. The van der Waals surface area contributed by atoms with E-state index in [1.54, 1.807) is 25.4 Å². The van der Waals surface area contributed by atoms with Gasteiger partial charge in [0.1, 0.15) is 5.75 Å². The van der Waals surface area contributed by atoms with Gasteiger partial charge in [0.2, 0.25) is 10.0 Å². The third kappa shape index (κ3) is 2.17. The number of hydrogen-bond acceptors (Lipinski definition) is 3. The molecule has 3 N–H and O–H groups in total. The van der Waals surface area contributed by atoms with Gasteiger partial charge >= 0.3 is 0 Å². The number of aromatic amines is 1. The standard InChI is InChI=1S/C10H12N2O3S/c1-15-8-2-3-10-9(4-8)7(5-12-10)6-16(11,13)14/h2-5,12H,6H2,1H3,(H2,11,13,14). The van der Waals surface area contributed by atoms with Gasteiger partial charge in [0.05, 0.1) is 12.9 Å². The Morgan fingerprint density at radius 1 is 1.44 bits per heavy atom. The second-order valence-corrected chi connectivity index (χ2v) is 5.15. The summed E-state index contributed by atoms with van der Waals surface area (Å²) in [5.41, 5.74) is 1.51. The van der Waals surface area contributed by atoms with Crippen molar-refractivity contribution in [3.8, 4) is 5.75 Å². The highest BCUT2D eigenvalue weighted by Crippen LogP contribution is 2.24. The van der Waals surface area contributed by atoms with E-state index in [0.29, 0.717) is 11.3 Å². The SMILES string of the molecule is COc1ccc2[nH]cc(CS(N)(=O)=O)c2c1. The molecule has 0 bridgehead atoms. The van der Waals surface area contributed by atoms with Crippen molar-refractivity contribution in [3.05, 3.63) is 30.0 Å². The molecule has 16 heavy (non-hydrogen) atoms. The van der Waals surface area contributed by atoms with Crippen molar-refractivity contribution in [3.63, 3.8) is 0 Å². The lowest BCUT2D eigenvalue weighted by Crippen LogP contribution is -2.14. The molecule has 0 amide bonds. The molecule has 0 spiro atoms. The van der Waals surface area contributed by atoms with Gasteiger partial charge < -0.3 is 9.72 Å². The fourth-order valence-corrected chi connectivity index (χ4v) is 2.29. The van der Waals surface area contributed by atoms with Crippen molar-refractivity contribution < 1.29 is 13.2 Å². The van der Waals surface area contributed by atoms with E-state index in [9.17, 15) is 8.42 Å². The summed E-state index contributed by atoms with van der Waals surface area (Å²) in [6.45, 7) is 0. The third-order valence-corrected chi connectivity index (χ3v) is 3.04. The molecule has 0 fully saturated rings. The number of nitrogens with one attached hydrogen (secondary N) is 1. The smallest absolute Gasteiger partial charge is 0.213 e. The first-order valence-corrected chi connectivity index (χ1v) is 6.35. The number of sulfonamides is 1. The van der Waals surface area contributed by atoms with Crippen LogP contribution >= 0.6 is 0 Å². The van der Waals surface area contributed by atoms with Crippen LogP contribution in [0.4, 0.5) is 0 Å². The molecule has 0 unspecified atom stereocenters. The molecule has 1 aromatic heterocycles. The molecule has 6 heteroatoms. The maximum absolute atomic E-state index is 11.0. The van der Waals surface area contributed by atoms with Crippen LogP contribution in [0.15, 0.2) is 24.4 Å². The zero-order chi connectivity index (χ0) is 11.8. The minimum absolute atomic E-state index is 0.180. The summed E-state index contributed by atoms with van der Waals surface area (Å²) in [5, 5.41) is 5.83.